The van der Waals surface area contributed by atoms with Gasteiger partial charge in [-0.1, -0.05) is 26.0 Å². The lowest BCUT2D eigenvalue weighted by Gasteiger charge is -2.17. The molecule has 1 aromatic carbocycles. The molecular weight excluding hydrogens is 310 g/mol. The standard InChI is InChI=1S/C17H27N3O4/c1-5-23-17(22)19-11-10-18-16(21)20-13(4)24-15-8-6-14(7-9-15)12(2)3/h6-9,12-13H,5,10-11H2,1-4H3,(H,19,22)(H2,18,20,21). The van der Waals surface area contributed by atoms with Crippen LogP contribution in [-0.4, -0.2) is 38.0 Å². The zero-order valence-electron chi connectivity index (χ0n) is 14.7. The molecule has 1 aromatic rings. The summed E-state index contributed by atoms with van der Waals surface area (Å²) in [5.74, 6) is 1.15. The number of hydrogen-bond acceptors (Lipinski definition) is 4. The molecule has 0 heterocycles. The Morgan fingerprint density at radius 1 is 1.04 bits per heavy atom. The molecule has 3 N–H and O–H groups in total. The average molecular weight is 337 g/mol. The largest absolute Gasteiger partial charge is 0.471 e. The van der Waals surface area contributed by atoms with Crippen LogP contribution in [-0.2, 0) is 4.74 Å². The third-order valence-corrected chi connectivity index (χ3v) is 3.15. The molecule has 0 bridgehead atoms. The van der Waals surface area contributed by atoms with Gasteiger partial charge in [-0.3, -0.25) is 0 Å². The monoisotopic (exact) mass is 337 g/mol. The van der Waals surface area contributed by atoms with E-state index in [1.165, 1.54) is 5.56 Å². The van der Waals surface area contributed by atoms with Crippen LogP contribution in [0.1, 0.15) is 39.2 Å². The maximum absolute atomic E-state index is 11.7. The Bertz CT molecular complexity index is 517. The van der Waals surface area contributed by atoms with E-state index in [1.807, 2.05) is 24.3 Å². The van der Waals surface area contributed by atoms with Crippen molar-refractivity contribution in [2.45, 2.75) is 39.8 Å². The van der Waals surface area contributed by atoms with Gasteiger partial charge in [0.2, 0.25) is 0 Å². The summed E-state index contributed by atoms with van der Waals surface area (Å²) < 4.78 is 10.3. The first-order valence-electron chi connectivity index (χ1n) is 8.14. The van der Waals surface area contributed by atoms with E-state index in [4.69, 9.17) is 9.47 Å². The van der Waals surface area contributed by atoms with Crippen molar-refractivity contribution < 1.29 is 19.1 Å². The van der Waals surface area contributed by atoms with Gasteiger partial charge in [-0.25, -0.2) is 9.59 Å². The summed E-state index contributed by atoms with van der Waals surface area (Å²) in [7, 11) is 0. The number of rotatable bonds is 8. The number of urea groups is 1. The molecule has 7 heteroatoms. The fraction of sp³-hybridized carbons (Fsp3) is 0.529. The van der Waals surface area contributed by atoms with Crippen molar-refractivity contribution in [3.05, 3.63) is 29.8 Å². The number of carbonyl (C=O) groups excluding carboxylic acids is 2. The quantitative estimate of drug-likeness (QED) is 0.502. The first-order chi connectivity index (χ1) is 11.4. The van der Waals surface area contributed by atoms with Crippen molar-refractivity contribution in [2.75, 3.05) is 19.7 Å². The lowest BCUT2D eigenvalue weighted by atomic mass is 10.0. The lowest BCUT2D eigenvalue weighted by molar-refractivity contribution is 0.152. The Labute approximate surface area is 143 Å². The van der Waals surface area contributed by atoms with E-state index < -0.39 is 12.3 Å². The van der Waals surface area contributed by atoms with Crippen LogP contribution in [0.2, 0.25) is 0 Å². The zero-order valence-corrected chi connectivity index (χ0v) is 14.7. The van der Waals surface area contributed by atoms with Crippen LogP contribution >= 0.6 is 0 Å². The fourth-order valence-electron chi connectivity index (χ4n) is 1.92. The lowest BCUT2D eigenvalue weighted by Crippen LogP contribution is -2.45. The minimum Gasteiger partial charge on any atom is -0.471 e. The Hall–Kier alpha value is -2.44. The summed E-state index contributed by atoms with van der Waals surface area (Å²) in [4.78, 5) is 22.8. The molecule has 1 unspecified atom stereocenters. The SMILES string of the molecule is CCOC(=O)NCCNC(=O)NC(C)Oc1ccc(C(C)C)cc1. The van der Waals surface area contributed by atoms with Crippen LogP contribution in [0.5, 0.6) is 5.75 Å². The van der Waals surface area contributed by atoms with Crippen LogP contribution < -0.4 is 20.7 Å². The fourth-order valence-corrected chi connectivity index (χ4v) is 1.92. The normalized spacial score (nSPS) is 11.5. The van der Waals surface area contributed by atoms with Crippen molar-refractivity contribution in [1.29, 1.82) is 0 Å². The van der Waals surface area contributed by atoms with E-state index in [2.05, 4.69) is 29.8 Å². The van der Waals surface area contributed by atoms with Crippen molar-refractivity contribution in [1.82, 2.24) is 16.0 Å². The first kappa shape index (κ1) is 19.6. The molecule has 3 amide bonds. The number of nitrogens with one attached hydrogen (secondary N) is 3. The molecule has 0 saturated heterocycles. The molecule has 0 aromatic heterocycles. The van der Waals surface area contributed by atoms with Gasteiger partial charge in [0.05, 0.1) is 6.61 Å². The number of ether oxygens (including phenoxy) is 2. The van der Waals surface area contributed by atoms with E-state index in [9.17, 15) is 9.59 Å². The molecule has 0 fully saturated rings. The maximum Gasteiger partial charge on any atom is 0.407 e. The second kappa shape index (κ2) is 10.4. The Morgan fingerprint density at radius 3 is 2.25 bits per heavy atom. The topological polar surface area (TPSA) is 88.7 Å². The molecular formula is C17H27N3O4. The van der Waals surface area contributed by atoms with Crippen LogP contribution in [0.3, 0.4) is 0 Å². The summed E-state index contributed by atoms with van der Waals surface area (Å²) in [5.41, 5.74) is 1.23. The molecule has 0 aliphatic heterocycles. The van der Waals surface area contributed by atoms with Gasteiger partial charge in [-0.2, -0.15) is 0 Å². The smallest absolute Gasteiger partial charge is 0.407 e. The van der Waals surface area contributed by atoms with E-state index in [1.54, 1.807) is 13.8 Å². The molecule has 7 nitrogen and oxygen atoms in total. The van der Waals surface area contributed by atoms with Gasteiger partial charge in [0.1, 0.15) is 5.75 Å². The van der Waals surface area contributed by atoms with Crippen LogP contribution in [0, 0.1) is 0 Å². The molecule has 0 aliphatic rings. The highest BCUT2D eigenvalue weighted by molar-refractivity contribution is 5.74. The van der Waals surface area contributed by atoms with E-state index in [0.29, 0.717) is 24.8 Å². The molecule has 24 heavy (non-hydrogen) atoms. The van der Waals surface area contributed by atoms with Gasteiger partial charge in [-0.05, 0) is 37.5 Å². The third-order valence-electron chi connectivity index (χ3n) is 3.15. The third kappa shape index (κ3) is 7.71. The zero-order chi connectivity index (χ0) is 17.9. The molecule has 0 aliphatic carbocycles. The second-order valence-electron chi connectivity index (χ2n) is 5.53. The molecule has 1 atom stereocenters. The number of benzene rings is 1. The molecule has 0 radical (unpaired) electrons. The van der Waals surface area contributed by atoms with Gasteiger partial charge in [0.25, 0.3) is 0 Å². The summed E-state index contributed by atoms with van der Waals surface area (Å²) in [6.07, 6.45) is -0.978. The average Bonchev–Trinajstić information content (AvgIpc) is 2.52. The number of hydrogen-bond donors (Lipinski definition) is 3. The Balaban J connectivity index is 2.25. The highest BCUT2D eigenvalue weighted by Crippen LogP contribution is 2.19. The second-order valence-corrected chi connectivity index (χ2v) is 5.53. The van der Waals surface area contributed by atoms with Crippen LogP contribution in [0.15, 0.2) is 24.3 Å². The minimum absolute atomic E-state index is 0.290. The van der Waals surface area contributed by atoms with Crippen LogP contribution in [0.25, 0.3) is 0 Å². The predicted molar refractivity (Wildman–Crippen MR) is 92.2 cm³/mol. The molecule has 134 valence electrons. The predicted octanol–water partition coefficient (Wildman–Crippen LogP) is 2.58. The summed E-state index contributed by atoms with van der Waals surface area (Å²) in [6.45, 7) is 8.61. The van der Waals surface area contributed by atoms with Crippen molar-refractivity contribution in [3.63, 3.8) is 0 Å². The van der Waals surface area contributed by atoms with Gasteiger partial charge < -0.3 is 25.4 Å². The molecule has 0 spiro atoms. The minimum atomic E-state index is -0.499. The van der Waals surface area contributed by atoms with Gasteiger partial charge in [0.15, 0.2) is 6.23 Å². The summed E-state index contributed by atoms with van der Waals surface area (Å²) in [6, 6.07) is 7.41. The summed E-state index contributed by atoms with van der Waals surface area (Å²) >= 11 is 0. The van der Waals surface area contributed by atoms with Gasteiger partial charge in [0, 0.05) is 13.1 Å². The Morgan fingerprint density at radius 2 is 1.67 bits per heavy atom. The highest BCUT2D eigenvalue weighted by atomic mass is 16.5. The number of carbonyl (C=O) groups is 2. The molecule has 1 rings (SSSR count). The number of alkyl carbamates (subject to hydrolysis) is 1. The van der Waals surface area contributed by atoms with Crippen molar-refractivity contribution in [2.24, 2.45) is 0 Å². The van der Waals surface area contributed by atoms with Crippen molar-refractivity contribution in [3.8, 4) is 5.75 Å². The van der Waals surface area contributed by atoms with Gasteiger partial charge >= 0.3 is 12.1 Å². The van der Waals surface area contributed by atoms with E-state index in [-0.39, 0.29) is 12.6 Å². The Kier molecular flexibility index (Phi) is 8.46. The van der Waals surface area contributed by atoms with E-state index >= 15 is 0 Å². The molecule has 0 saturated carbocycles. The highest BCUT2D eigenvalue weighted by Gasteiger charge is 2.08. The number of amides is 3. The van der Waals surface area contributed by atoms with Gasteiger partial charge in [-0.15, -0.1) is 0 Å². The van der Waals surface area contributed by atoms with Crippen molar-refractivity contribution >= 4 is 12.1 Å². The maximum atomic E-state index is 11.7. The summed E-state index contributed by atoms with van der Waals surface area (Å²) in [5, 5.41) is 7.79. The van der Waals surface area contributed by atoms with Crippen LogP contribution in [0.4, 0.5) is 9.59 Å². The van der Waals surface area contributed by atoms with E-state index in [0.717, 1.165) is 0 Å². The first-order valence-corrected chi connectivity index (χ1v) is 8.14.